The highest BCUT2D eigenvalue weighted by Gasteiger charge is 2.22. The van der Waals surface area contributed by atoms with Gasteiger partial charge in [0.1, 0.15) is 13.7 Å². The van der Waals surface area contributed by atoms with Crippen LogP contribution in [0.3, 0.4) is 0 Å². The molecule has 2 heterocycles. The second-order valence-electron chi connectivity index (χ2n) is 4.25. The van der Waals surface area contributed by atoms with E-state index in [0.29, 0.717) is 17.0 Å². The van der Waals surface area contributed by atoms with Crippen molar-refractivity contribution in [3.05, 3.63) is 34.6 Å². The molecule has 0 fully saturated rings. The molecule has 0 amide bonds. The lowest BCUT2D eigenvalue weighted by Gasteiger charge is -2.05. The van der Waals surface area contributed by atoms with Gasteiger partial charge in [0.25, 0.3) is 0 Å². The van der Waals surface area contributed by atoms with Crippen LogP contribution >= 0.6 is 0 Å². The molecule has 10 heteroatoms. The number of nitrogens with zero attached hydrogens (tertiary/aromatic N) is 4. The lowest BCUT2D eigenvalue weighted by Crippen LogP contribution is -2.17. The first kappa shape index (κ1) is 13.1. The second kappa shape index (κ2) is 4.89. The van der Waals surface area contributed by atoms with Gasteiger partial charge in [-0.05, 0) is 28.5 Å². The fourth-order valence-electron chi connectivity index (χ4n) is 1.89. The van der Waals surface area contributed by atoms with Crippen LogP contribution in [0.5, 0.6) is 0 Å². The van der Waals surface area contributed by atoms with Crippen molar-refractivity contribution < 1.29 is 13.5 Å². The molecule has 21 heavy (non-hydrogen) atoms. The molecule has 8 nitrogen and oxygen atoms in total. The second-order valence-corrected chi connectivity index (χ2v) is 4.25. The van der Waals surface area contributed by atoms with Gasteiger partial charge in [-0.25, -0.2) is 18.4 Å². The molecule has 3 aromatic rings. The molecule has 0 saturated carbocycles. The molecule has 0 unspecified atom stereocenters. The fourth-order valence-corrected chi connectivity index (χ4v) is 1.89. The molecule has 3 rings (SSSR count). The summed E-state index contributed by atoms with van der Waals surface area (Å²) in [4.78, 5) is 11.9. The monoisotopic (exact) mass is 289 g/mol. The van der Waals surface area contributed by atoms with Gasteiger partial charge in [0, 0.05) is 7.05 Å². The lowest BCUT2D eigenvalue weighted by atomic mass is 9.95. The summed E-state index contributed by atoms with van der Waals surface area (Å²) in [6.45, 7) is 0. The molecule has 0 aliphatic rings. The van der Waals surface area contributed by atoms with Crippen molar-refractivity contribution in [3.63, 3.8) is 0 Å². The SMILES string of the molecule is Bc1cc(-n2c(-c3nonc3NC)noc2=O)ccc1F. The van der Waals surface area contributed by atoms with Crippen LogP contribution in [-0.2, 0) is 0 Å². The van der Waals surface area contributed by atoms with Crippen molar-refractivity contribution in [3.8, 4) is 17.2 Å². The zero-order valence-electron chi connectivity index (χ0n) is 11.1. The van der Waals surface area contributed by atoms with E-state index < -0.39 is 5.76 Å². The van der Waals surface area contributed by atoms with Crippen molar-refractivity contribution in [1.29, 1.82) is 0 Å². The first-order valence-electron chi connectivity index (χ1n) is 5.97. The highest BCUT2D eigenvalue weighted by molar-refractivity contribution is 6.32. The first-order valence-corrected chi connectivity index (χ1v) is 5.97. The minimum atomic E-state index is -0.721. The number of rotatable bonds is 3. The Labute approximate surface area is 117 Å². The van der Waals surface area contributed by atoms with E-state index in [-0.39, 0.29) is 17.3 Å². The van der Waals surface area contributed by atoms with Crippen LogP contribution in [0.25, 0.3) is 17.2 Å². The third-order valence-corrected chi connectivity index (χ3v) is 2.94. The van der Waals surface area contributed by atoms with Gasteiger partial charge in [-0.1, -0.05) is 10.6 Å². The highest BCUT2D eigenvalue weighted by Crippen LogP contribution is 2.23. The number of nitrogens with one attached hydrogen (secondary N) is 1. The predicted molar refractivity (Wildman–Crippen MR) is 73.1 cm³/mol. The van der Waals surface area contributed by atoms with Gasteiger partial charge in [-0.15, -0.1) is 0 Å². The molecule has 1 aromatic carbocycles. The Bertz CT molecular complexity index is 856. The van der Waals surface area contributed by atoms with E-state index in [2.05, 4.69) is 29.9 Å². The van der Waals surface area contributed by atoms with Crippen LogP contribution in [0.1, 0.15) is 0 Å². The summed E-state index contributed by atoms with van der Waals surface area (Å²) in [5.41, 5.74) is 1.00. The molecule has 0 aliphatic carbocycles. The van der Waals surface area contributed by atoms with Gasteiger partial charge in [0.05, 0.1) is 5.69 Å². The number of aromatic nitrogens is 4. The Kier molecular flexibility index (Phi) is 3.05. The minimum absolute atomic E-state index is 0.108. The maximum absolute atomic E-state index is 13.4. The zero-order chi connectivity index (χ0) is 15.0. The molecule has 2 aromatic heterocycles. The van der Waals surface area contributed by atoms with E-state index >= 15 is 0 Å². The number of hydrogen-bond acceptors (Lipinski definition) is 7. The van der Waals surface area contributed by atoms with Gasteiger partial charge in [-0.2, -0.15) is 0 Å². The van der Waals surface area contributed by atoms with Gasteiger partial charge in [-0.3, -0.25) is 4.52 Å². The third kappa shape index (κ3) is 2.10. The predicted octanol–water partition coefficient (Wildman–Crippen LogP) is -0.685. The Morgan fingerprint density at radius 1 is 1.33 bits per heavy atom. The topological polar surface area (TPSA) is 99.0 Å². The number of benzene rings is 1. The summed E-state index contributed by atoms with van der Waals surface area (Å²) >= 11 is 0. The van der Waals surface area contributed by atoms with Crippen molar-refractivity contribution in [2.45, 2.75) is 0 Å². The fraction of sp³-hybridized carbons (Fsp3) is 0.0909. The van der Waals surface area contributed by atoms with Crippen molar-refractivity contribution >= 4 is 19.1 Å². The summed E-state index contributed by atoms with van der Waals surface area (Å²) < 4.78 is 23.8. The third-order valence-electron chi connectivity index (χ3n) is 2.94. The maximum atomic E-state index is 13.4. The maximum Gasteiger partial charge on any atom is 0.446 e. The minimum Gasteiger partial charge on any atom is -0.368 e. The van der Waals surface area contributed by atoms with E-state index in [0.717, 1.165) is 4.57 Å². The smallest absolute Gasteiger partial charge is 0.368 e. The Morgan fingerprint density at radius 3 is 2.86 bits per heavy atom. The highest BCUT2D eigenvalue weighted by atomic mass is 19.1. The molecular formula is C11H9BFN5O3. The molecular weight excluding hydrogens is 280 g/mol. The number of anilines is 1. The van der Waals surface area contributed by atoms with Crippen LogP contribution in [0.4, 0.5) is 10.2 Å². The van der Waals surface area contributed by atoms with Crippen LogP contribution in [0.15, 0.2) is 32.1 Å². The molecule has 0 spiro atoms. The molecule has 0 bridgehead atoms. The van der Waals surface area contributed by atoms with Crippen LogP contribution in [0, 0.1) is 5.82 Å². The lowest BCUT2D eigenvalue weighted by molar-refractivity contribution is 0.309. The quantitative estimate of drug-likeness (QED) is 0.637. The largest absolute Gasteiger partial charge is 0.446 e. The van der Waals surface area contributed by atoms with Gasteiger partial charge >= 0.3 is 5.76 Å². The summed E-state index contributed by atoms with van der Waals surface area (Å²) in [6, 6.07) is 4.20. The summed E-state index contributed by atoms with van der Waals surface area (Å²) in [5, 5.41) is 13.8. The average molecular weight is 289 g/mol. The molecule has 0 aliphatic heterocycles. The van der Waals surface area contributed by atoms with E-state index in [1.165, 1.54) is 18.2 Å². The van der Waals surface area contributed by atoms with Crippen molar-refractivity contribution in [2.24, 2.45) is 0 Å². The standard InChI is InChI=1S/C11H9BFN5O3/c1-14-9-8(15-21-16-9)10-17-20-11(19)18(10)5-2-3-7(13)6(12)4-5/h2-4H,12H2,1H3,(H,14,16). The molecule has 1 N–H and O–H groups in total. The number of hydrogen-bond donors (Lipinski definition) is 1. The Morgan fingerprint density at radius 2 is 2.14 bits per heavy atom. The summed E-state index contributed by atoms with van der Waals surface area (Å²) in [6.07, 6.45) is 0. The van der Waals surface area contributed by atoms with Gasteiger partial charge < -0.3 is 5.32 Å². The average Bonchev–Trinajstić information content (AvgIpc) is 3.07. The molecule has 0 radical (unpaired) electrons. The van der Waals surface area contributed by atoms with Gasteiger partial charge in [0.2, 0.25) is 11.6 Å². The van der Waals surface area contributed by atoms with E-state index in [1.807, 2.05) is 0 Å². The summed E-state index contributed by atoms with van der Waals surface area (Å²) in [7, 11) is 3.21. The van der Waals surface area contributed by atoms with Crippen molar-refractivity contribution in [2.75, 3.05) is 12.4 Å². The first-order chi connectivity index (χ1) is 10.1. The zero-order valence-corrected chi connectivity index (χ0v) is 11.1. The Balaban J connectivity index is 2.22. The molecule has 0 atom stereocenters. The van der Waals surface area contributed by atoms with Gasteiger partial charge in [0.15, 0.2) is 5.69 Å². The van der Waals surface area contributed by atoms with E-state index in [1.54, 1.807) is 14.9 Å². The van der Waals surface area contributed by atoms with Crippen molar-refractivity contribution in [1.82, 2.24) is 20.0 Å². The van der Waals surface area contributed by atoms with Crippen LogP contribution < -0.4 is 16.5 Å². The summed E-state index contributed by atoms with van der Waals surface area (Å²) in [5.74, 6) is -0.683. The van der Waals surface area contributed by atoms with E-state index in [4.69, 9.17) is 0 Å². The Hall–Kier alpha value is -2.91. The van der Waals surface area contributed by atoms with Crippen LogP contribution in [-0.4, -0.2) is 34.9 Å². The molecule has 106 valence electrons. The molecule has 0 saturated heterocycles. The van der Waals surface area contributed by atoms with Crippen LogP contribution in [0.2, 0.25) is 0 Å². The number of halogens is 1. The normalized spacial score (nSPS) is 10.8. The van der Waals surface area contributed by atoms with E-state index in [9.17, 15) is 9.18 Å².